The van der Waals surface area contributed by atoms with E-state index in [0.717, 1.165) is 31.7 Å². The van der Waals surface area contributed by atoms with Crippen molar-refractivity contribution >= 4 is 5.95 Å². The molecule has 1 aliphatic heterocycles. The summed E-state index contributed by atoms with van der Waals surface area (Å²) in [7, 11) is 0. The molecule has 0 saturated carbocycles. The molecular formula is C9H15N3O. The van der Waals surface area contributed by atoms with Gasteiger partial charge in [-0.15, -0.1) is 0 Å². The van der Waals surface area contributed by atoms with Crippen molar-refractivity contribution in [2.45, 2.75) is 25.8 Å². The fourth-order valence-corrected chi connectivity index (χ4v) is 1.79. The van der Waals surface area contributed by atoms with Crippen molar-refractivity contribution in [1.82, 2.24) is 9.55 Å². The molecule has 72 valence electrons. The van der Waals surface area contributed by atoms with Gasteiger partial charge >= 0.3 is 0 Å². The van der Waals surface area contributed by atoms with Gasteiger partial charge in [0.1, 0.15) is 0 Å². The predicted octanol–water partition coefficient (Wildman–Crippen LogP) is 1.13. The molecule has 1 saturated heterocycles. The lowest BCUT2D eigenvalue weighted by molar-refractivity contribution is 0.0701. The molecule has 0 amide bonds. The number of imidazole rings is 1. The number of hydrogen-bond acceptors (Lipinski definition) is 3. The van der Waals surface area contributed by atoms with Crippen molar-refractivity contribution in [3.05, 3.63) is 11.9 Å². The van der Waals surface area contributed by atoms with Crippen LogP contribution >= 0.6 is 0 Å². The molecule has 13 heavy (non-hydrogen) atoms. The van der Waals surface area contributed by atoms with Crippen molar-refractivity contribution in [2.24, 2.45) is 0 Å². The molecule has 1 aromatic rings. The first-order valence-electron chi connectivity index (χ1n) is 4.66. The van der Waals surface area contributed by atoms with E-state index in [9.17, 15) is 0 Å². The van der Waals surface area contributed by atoms with Crippen molar-refractivity contribution in [1.29, 1.82) is 0 Å². The van der Waals surface area contributed by atoms with Crippen LogP contribution in [0.2, 0.25) is 0 Å². The molecule has 2 heterocycles. The van der Waals surface area contributed by atoms with Gasteiger partial charge < -0.3 is 15.0 Å². The normalized spacial score (nSPS) is 19.2. The molecule has 0 spiro atoms. The Morgan fingerprint density at radius 2 is 2.23 bits per heavy atom. The molecule has 1 aliphatic rings. The molecule has 1 aromatic heterocycles. The Hall–Kier alpha value is -1.03. The van der Waals surface area contributed by atoms with Gasteiger partial charge in [0.05, 0.1) is 5.69 Å². The molecule has 1 fully saturated rings. The average molecular weight is 181 g/mol. The van der Waals surface area contributed by atoms with E-state index < -0.39 is 0 Å². The van der Waals surface area contributed by atoms with Gasteiger partial charge in [0, 0.05) is 25.5 Å². The van der Waals surface area contributed by atoms with Gasteiger partial charge in [-0.1, -0.05) is 0 Å². The van der Waals surface area contributed by atoms with E-state index in [4.69, 9.17) is 10.5 Å². The van der Waals surface area contributed by atoms with Gasteiger partial charge in [-0.2, -0.15) is 0 Å². The Bertz CT molecular complexity index is 289. The highest BCUT2D eigenvalue weighted by Gasteiger charge is 2.17. The van der Waals surface area contributed by atoms with Crippen LogP contribution in [0.5, 0.6) is 0 Å². The molecular weight excluding hydrogens is 166 g/mol. The maximum atomic E-state index is 5.78. The zero-order valence-corrected chi connectivity index (χ0v) is 7.86. The summed E-state index contributed by atoms with van der Waals surface area (Å²) in [6.45, 7) is 3.63. The number of nitrogens with two attached hydrogens (primary N) is 1. The average Bonchev–Trinajstić information content (AvgIpc) is 2.47. The Kier molecular flexibility index (Phi) is 2.22. The number of aryl methyl sites for hydroxylation is 1. The first-order valence-corrected chi connectivity index (χ1v) is 4.66. The van der Waals surface area contributed by atoms with E-state index in [-0.39, 0.29) is 0 Å². The lowest BCUT2D eigenvalue weighted by Gasteiger charge is -2.23. The first-order chi connectivity index (χ1) is 6.27. The highest BCUT2D eigenvalue weighted by molar-refractivity contribution is 5.22. The maximum absolute atomic E-state index is 5.78. The minimum atomic E-state index is 0.481. The van der Waals surface area contributed by atoms with E-state index in [2.05, 4.69) is 9.55 Å². The lowest BCUT2D eigenvalue weighted by atomic mass is 10.1. The van der Waals surface area contributed by atoms with Crippen LogP contribution in [0.3, 0.4) is 0 Å². The Labute approximate surface area is 77.7 Å². The third-order valence-corrected chi connectivity index (χ3v) is 2.47. The van der Waals surface area contributed by atoms with E-state index in [1.807, 2.05) is 13.1 Å². The minimum absolute atomic E-state index is 0.481. The Balaban J connectivity index is 2.18. The molecule has 0 radical (unpaired) electrons. The number of hydrogen-bond donors (Lipinski definition) is 1. The summed E-state index contributed by atoms with van der Waals surface area (Å²) < 4.78 is 7.36. The van der Waals surface area contributed by atoms with Crippen LogP contribution in [0.25, 0.3) is 0 Å². The summed E-state index contributed by atoms with van der Waals surface area (Å²) in [5.41, 5.74) is 6.77. The summed E-state index contributed by atoms with van der Waals surface area (Å²) >= 11 is 0. The van der Waals surface area contributed by atoms with Crippen molar-refractivity contribution in [3.63, 3.8) is 0 Å². The molecule has 0 bridgehead atoms. The summed E-state index contributed by atoms with van der Waals surface area (Å²) in [4.78, 5) is 4.19. The fourth-order valence-electron chi connectivity index (χ4n) is 1.79. The van der Waals surface area contributed by atoms with Crippen LogP contribution in [0.4, 0.5) is 5.95 Å². The summed E-state index contributed by atoms with van der Waals surface area (Å²) in [6, 6.07) is 0.481. The van der Waals surface area contributed by atoms with Gasteiger partial charge in [0.2, 0.25) is 5.95 Å². The third kappa shape index (κ3) is 1.67. The zero-order chi connectivity index (χ0) is 9.26. The van der Waals surface area contributed by atoms with Crippen LogP contribution in [0, 0.1) is 6.92 Å². The number of ether oxygens (including phenoxy) is 1. The smallest absolute Gasteiger partial charge is 0.200 e. The summed E-state index contributed by atoms with van der Waals surface area (Å²) in [6.07, 6.45) is 4.10. The number of nitrogen functional groups attached to an aromatic ring is 1. The molecule has 0 aliphatic carbocycles. The van der Waals surface area contributed by atoms with Crippen molar-refractivity contribution in [3.8, 4) is 0 Å². The van der Waals surface area contributed by atoms with Crippen molar-refractivity contribution in [2.75, 3.05) is 18.9 Å². The van der Waals surface area contributed by atoms with Crippen LogP contribution in [0.1, 0.15) is 24.6 Å². The molecule has 4 heteroatoms. The lowest BCUT2D eigenvalue weighted by Crippen LogP contribution is -2.20. The highest BCUT2D eigenvalue weighted by atomic mass is 16.5. The quantitative estimate of drug-likeness (QED) is 0.706. The van der Waals surface area contributed by atoms with Crippen LogP contribution in [-0.4, -0.2) is 22.8 Å². The van der Waals surface area contributed by atoms with E-state index in [0.29, 0.717) is 12.0 Å². The minimum Gasteiger partial charge on any atom is -0.381 e. The summed E-state index contributed by atoms with van der Waals surface area (Å²) in [5.74, 6) is 0.629. The molecule has 2 N–H and O–H groups in total. The van der Waals surface area contributed by atoms with E-state index >= 15 is 0 Å². The van der Waals surface area contributed by atoms with E-state index in [1.165, 1.54) is 0 Å². The predicted molar refractivity (Wildman–Crippen MR) is 50.5 cm³/mol. The second kappa shape index (κ2) is 3.38. The number of rotatable bonds is 1. The Morgan fingerprint density at radius 3 is 2.77 bits per heavy atom. The fraction of sp³-hybridized carbons (Fsp3) is 0.667. The van der Waals surface area contributed by atoms with Gasteiger partial charge in [0.25, 0.3) is 0 Å². The van der Waals surface area contributed by atoms with Crippen LogP contribution in [0.15, 0.2) is 6.20 Å². The highest BCUT2D eigenvalue weighted by Crippen LogP contribution is 2.23. The van der Waals surface area contributed by atoms with Crippen LogP contribution < -0.4 is 5.73 Å². The number of nitrogens with zero attached hydrogens (tertiary/aromatic N) is 2. The molecule has 0 unspecified atom stereocenters. The van der Waals surface area contributed by atoms with E-state index in [1.54, 1.807) is 0 Å². The first kappa shape index (κ1) is 8.56. The maximum Gasteiger partial charge on any atom is 0.200 e. The largest absolute Gasteiger partial charge is 0.381 e. The second-order valence-corrected chi connectivity index (χ2v) is 3.49. The molecule has 4 nitrogen and oxygen atoms in total. The SMILES string of the molecule is Cc1cn(C2CCOCC2)c(N)n1. The Morgan fingerprint density at radius 1 is 1.54 bits per heavy atom. The zero-order valence-electron chi connectivity index (χ0n) is 7.86. The molecule has 0 aromatic carbocycles. The monoisotopic (exact) mass is 181 g/mol. The van der Waals surface area contributed by atoms with Gasteiger partial charge in [0.15, 0.2) is 0 Å². The van der Waals surface area contributed by atoms with Crippen molar-refractivity contribution < 1.29 is 4.74 Å². The third-order valence-electron chi connectivity index (χ3n) is 2.47. The van der Waals surface area contributed by atoms with Gasteiger partial charge in [-0.3, -0.25) is 0 Å². The van der Waals surface area contributed by atoms with Crippen LogP contribution in [-0.2, 0) is 4.74 Å². The number of anilines is 1. The van der Waals surface area contributed by atoms with Gasteiger partial charge in [-0.25, -0.2) is 4.98 Å². The summed E-state index contributed by atoms with van der Waals surface area (Å²) in [5, 5.41) is 0. The second-order valence-electron chi connectivity index (χ2n) is 3.49. The molecule has 2 rings (SSSR count). The van der Waals surface area contributed by atoms with Gasteiger partial charge in [-0.05, 0) is 19.8 Å². The number of aromatic nitrogens is 2. The molecule has 0 atom stereocenters. The topological polar surface area (TPSA) is 53.1 Å². The standard InChI is InChI=1S/C9H15N3O/c1-7-6-12(9(10)11-7)8-2-4-13-5-3-8/h6,8H,2-5H2,1H3,(H2,10,11).